The van der Waals surface area contributed by atoms with Crippen LogP contribution in [-0.2, 0) is 9.53 Å². The maximum atomic E-state index is 12.8. The lowest BCUT2D eigenvalue weighted by Gasteiger charge is -2.27. The first-order valence-electron chi connectivity index (χ1n) is 8.57. The zero-order chi connectivity index (χ0) is 17.6. The van der Waals surface area contributed by atoms with E-state index in [1.54, 1.807) is 7.11 Å². The van der Waals surface area contributed by atoms with Crippen LogP contribution in [0, 0.1) is 0 Å². The van der Waals surface area contributed by atoms with Gasteiger partial charge in [-0.1, -0.05) is 44.0 Å². The summed E-state index contributed by atoms with van der Waals surface area (Å²) in [5, 5.41) is 4.99. The number of methoxy groups -OCH3 is 1. The first-order chi connectivity index (χ1) is 11.6. The number of benzene rings is 2. The van der Waals surface area contributed by atoms with Crippen molar-refractivity contribution in [3.63, 3.8) is 0 Å². The predicted molar refractivity (Wildman–Crippen MR) is 98.7 cm³/mol. The zero-order valence-electron chi connectivity index (χ0n) is 15.0. The van der Waals surface area contributed by atoms with E-state index in [0.717, 1.165) is 35.1 Å². The molecule has 0 heterocycles. The monoisotopic (exact) mass is 329 g/mol. The van der Waals surface area contributed by atoms with E-state index in [4.69, 9.17) is 9.47 Å². The van der Waals surface area contributed by atoms with Crippen molar-refractivity contribution < 1.29 is 14.3 Å². The van der Waals surface area contributed by atoms with Crippen molar-refractivity contribution in [1.29, 1.82) is 0 Å². The molecule has 0 aliphatic heterocycles. The number of ether oxygens (including phenoxy) is 2. The highest BCUT2D eigenvalue weighted by Crippen LogP contribution is 2.32. The molecule has 0 bridgehead atoms. The number of rotatable bonds is 8. The van der Waals surface area contributed by atoms with E-state index < -0.39 is 5.60 Å². The molecule has 2 aromatic carbocycles. The molecule has 2 aromatic rings. The molecule has 1 amide bonds. The minimum Gasteiger partial charge on any atom is -0.493 e. The molecular formula is C20H27NO3. The smallest absolute Gasteiger partial charge is 0.256 e. The summed E-state index contributed by atoms with van der Waals surface area (Å²) < 4.78 is 11.2. The van der Waals surface area contributed by atoms with Gasteiger partial charge in [-0.05, 0) is 32.4 Å². The molecule has 0 saturated carbocycles. The fourth-order valence-corrected chi connectivity index (χ4v) is 2.74. The van der Waals surface area contributed by atoms with Gasteiger partial charge < -0.3 is 14.8 Å². The summed E-state index contributed by atoms with van der Waals surface area (Å²) in [4.78, 5) is 12.8. The van der Waals surface area contributed by atoms with Gasteiger partial charge in [0, 0.05) is 23.6 Å². The van der Waals surface area contributed by atoms with Gasteiger partial charge in [-0.3, -0.25) is 4.79 Å². The van der Waals surface area contributed by atoms with E-state index >= 15 is 0 Å². The van der Waals surface area contributed by atoms with E-state index in [1.165, 1.54) is 0 Å². The van der Waals surface area contributed by atoms with Gasteiger partial charge in [0.25, 0.3) is 5.91 Å². The molecular weight excluding hydrogens is 302 g/mol. The molecule has 0 unspecified atom stereocenters. The Morgan fingerprint density at radius 1 is 1.12 bits per heavy atom. The highest BCUT2D eigenvalue weighted by Gasteiger charge is 2.32. The van der Waals surface area contributed by atoms with E-state index in [9.17, 15) is 4.79 Å². The van der Waals surface area contributed by atoms with E-state index in [0.29, 0.717) is 13.0 Å². The lowest BCUT2D eigenvalue weighted by atomic mass is 9.97. The van der Waals surface area contributed by atoms with Crippen molar-refractivity contribution in [2.24, 2.45) is 0 Å². The van der Waals surface area contributed by atoms with Crippen molar-refractivity contribution in [2.45, 2.75) is 45.6 Å². The molecule has 24 heavy (non-hydrogen) atoms. The Labute approximate surface area is 144 Å². The summed E-state index contributed by atoms with van der Waals surface area (Å²) in [5.74, 6) is 0.708. The van der Waals surface area contributed by atoms with Crippen molar-refractivity contribution in [2.75, 3.05) is 19.0 Å². The number of carbonyl (C=O) groups excluding carboxylic acids is 1. The molecule has 0 saturated heterocycles. The lowest BCUT2D eigenvalue weighted by molar-refractivity contribution is -0.136. The van der Waals surface area contributed by atoms with Gasteiger partial charge in [0.1, 0.15) is 11.4 Å². The van der Waals surface area contributed by atoms with Crippen LogP contribution in [0.2, 0.25) is 0 Å². The Hall–Kier alpha value is -2.07. The van der Waals surface area contributed by atoms with E-state index in [-0.39, 0.29) is 5.91 Å². The molecule has 0 aliphatic carbocycles. The number of anilines is 1. The van der Waals surface area contributed by atoms with Crippen molar-refractivity contribution in [3.05, 3.63) is 36.4 Å². The second kappa shape index (κ2) is 8.15. The van der Waals surface area contributed by atoms with Gasteiger partial charge in [0.15, 0.2) is 0 Å². The fourth-order valence-electron chi connectivity index (χ4n) is 2.74. The van der Waals surface area contributed by atoms with Gasteiger partial charge in [0.05, 0.1) is 6.61 Å². The average Bonchev–Trinajstić information content (AvgIpc) is 2.61. The molecule has 0 spiro atoms. The highest BCUT2D eigenvalue weighted by molar-refractivity contribution is 6.06. The number of hydrogen-bond acceptors (Lipinski definition) is 3. The summed E-state index contributed by atoms with van der Waals surface area (Å²) in [7, 11) is 1.59. The van der Waals surface area contributed by atoms with Crippen LogP contribution in [0.15, 0.2) is 36.4 Å². The van der Waals surface area contributed by atoms with Crippen LogP contribution < -0.4 is 10.1 Å². The Kier molecular flexibility index (Phi) is 6.21. The Bertz CT molecular complexity index is 698. The minimum absolute atomic E-state index is 0.118. The zero-order valence-corrected chi connectivity index (χ0v) is 15.0. The maximum absolute atomic E-state index is 12.8. The van der Waals surface area contributed by atoms with Gasteiger partial charge in [-0.25, -0.2) is 0 Å². The van der Waals surface area contributed by atoms with Crippen molar-refractivity contribution >= 4 is 22.4 Å². The van der Waals surface area contributed by atoms with Crippen molar-refractivity contribution in [3.8, 4) is 5.75 Å². The predicted octanol–water partition coefficient (Wildman–Crippen LogP) is 4.77. The average molecular weight is 329 g/mol. The number of hydrogen-bond donors (Lipinski definition) is 1. The standard InChI is InChI=1S/C20H27NO3/c1-5-7-14-20(3,23-4)19(22)21-17-12-13-18(24-6-2)16-11-9-8-10-15(16)17/h8-13H,5-7,14H2,1-4H3,(H,21,22)/t20-/m0/s1. The van der Waals surface area contributed by atoms with Crippen LogP contribution in [0.4, 0.5) is 5.69 Å². The van der Waals surface area contributed by atoms with E-state index in [1.807, 2.05) is 50.2 Å². The van der Waals surface area contributed by atoms with Crippen LogP contribution in [-0.4, -0.2) is 25.2 Å². The topological polar surface area (TPSA) is 47.6 Å². The number of nitrogens with one attached hydrogen (secondary N) is 1. The molecule has 4 heteroatoms. The molecule has 2 rings (SSSR count). The third kappa shape index (κ3) is 3.88. The third-order valence-electron chi connectivity index (χ3n) is 4.37. The summed E-state index contributed by atoms with van der Waals surface area (Å²) in [6.07, 6.45) is 2.67. The molecule has 0 radical (unpaired) electrons. The summed E-state index contributed by atoms with van der Waals surface area (Å²) in [5.41, 5.74) is -0.0470. The van der Waals surface area contributed by atoms with Crippen LogP contribution >= 0.6 is 0 Å². The second-order valence-electron chi connectivity index (χ2n) is 6.08. The molecule has 0 fully saturated rings. The van der Waals surface area contributed by atoms with Crippen LogP contribution in [0.25, 0.3) is 10.8 Å². The largest absolute Gasteiger partial charge is 0.493 e. The number of carbonyl (C=O) groups is 1. The molecule has 0 aliphatic rings. The Morgan fingerprint density at radius 2 is 1.83 bits per heavy atom. The van der Waals surface area contributed by atoms with Gasteiger partial charge in [-0.15, -0.1) is 0 Å². The lowest BCUT2D eigenvalue weighted by Crippen LogP contribution is -2.42. The molecule has 1 N–H and O–H groups in total. The molecule has 0 aromatic heterocycles. The SMILES string of the molecule is CCCC[C@](C)(OC)C(=O)Nc1ccc(OCC)c2ccccc12. The minimum atomic E-state index is -0.824. The van der Waals surface area contributed by atoms with Gasteiger partial charge in [0.2, 0.25) is 0 Å². The third-order valence-corrected chi connectivity index (χ3v) is 4.37. The fraction of sp³-hybridized carbons (Fsp3) is 0.450. The second-order valence-corrected chi connectivity index (χ2v) is 6.08. The molecule has 1 atom stereocenters. The number of unbranched alkanes of at least 4 members (excludes halogenated alkanes) is 1. The first kappa shape index (κ1) is 18.3. The Balaban J connectivity index is 2.33. The van der Waals surface area contributed by atoms with Crippen LogP contribution in [0.5, 0.6) is 5.75 Å². The van der Waals surface area contributed by atoms with Crippen molar-refractivity contribution in [1.82, 2.24) is 0 Å². The summed E-state index contributed by atoms with van der Waals surface area (Å²) in [6.45, 7) is 6.51. The normalized spacial score (nSPS) is 13.5. The number of fused-ring (bicyclic) bond motifs is 1. The quantitative estimate of drug-likeness (QED) is 0.758. The van der Waals surface area contributed by atoms with Crippen LogP contribution in [0.1, 0.15) is 40.0 Å². The summed E-state index contributed by atoms with van der Waals surface area (Å²) in [6, 6.07) is 11.7. The maximum Gasteiger partial charge on any atom is 0.256 e. The Morgan fingerprint density at radius 3 is 2.46 bits per heavy atom. The summed E-state index contributed by atoms with van der Waals surface area (Å²) >= 11 is 0. The molecule has 4 nitrogen and oxygen atoms in total. The number of amides is 1. The van der Waals surface area contributed by atoms with Crippen LogP contribution in [0.3, 0.4) is 0 Å². The first-order valence-corrected chi connectivity index (χ1v) is 8.57. The highest BCUT2D eigenvalue weighted by atomic mass is 16.5. The van der Waals surface area contributed by atoms with E-state index in [2.05, 4.69) is 12.2 Å². The van der Waals surface area contributed by atoms with Gasteiger partial charge in [-0.2, -0.15) is 0 Å². The van der Waals surface area contributed by atoms with Gasteiger partial charge >= 0.3 is 0 Å². The molecule has 130 valence electrons.